The fraction of sp³-hybridized carbons (Fsp3) is 0.538. The summed E-state index contributed by atoms with van der Waals surface area (Å²) in [6.07, 6.45) is -5.69. The van der Waals surface area contributed by atoms with Gasteiger partial charge in [-0.2, -0.15) is 13.2 Å². The molecule has 0 amide bonds. The van der Waals surface area contributed by atoms with Crippen molar-refractivity contribution in [3.05, 3.63) is 29.8 Å². The lowest BCUT2D eigenvalue weighted by Crippen LogP contribution is -2.20. The van der Waals surface area contributed by atoms with Crippen molar-refractivity contribution in [2.24, 2.45) is 0 Å². The van der Waals surface area contributed by atoms with Crippen LogP contribution in [0, 0.1) is 0 Å². The second-order valence-electron chi connectivity index (χ2n) is 4.53. The van der Waals surface area contributed by atoms with Gasteiger partial charge in [-0.05, 0) is 18.9 Å². The third-order valence-corrected chi connectivity index (χ3v) is 3.16. The molecular formula is C13H15F3O2. The summed E-state index contributed by atoms with van der Waals surface area (Å²) in [6.45, 7) is 0.340. The second-order valence-corrected chi connectivity index (χ2v) is 4.53. The van der Waals surface area contributed by atoms with E-state index in [1.165, 1.54) is 0 Å². The van der Waals surface area contributed by atoms with Crippen LogP contribution in [0.5, 0.6) is 5.75 Å². The van der Waals surface area contributed by atoms with Gasteiger partial charge in [-0.15, -0.1) is 0 Å². The third-order valence-electron chi connectivity index (χ3n) is 3.16. The second kappa shape index (κ2) is 5.18. The van der Waals surface area contributed by atoms with Gasteiger partial charge in [-0.1, -0.05) is 18.2 Å². The van der Waals surface area contributed by atoms with Gasteiger partial charge < -0.3 is 9.84 Å². The highest BCUT2D eigenvalue weighted by molar-refractivity contribution is 5.40. The Labute approximate surface area is 103 Å². The van der Waals surface area contributed by atoms with Crippen LogP contribution in [0.2, 0.25) is 0 Å². The molecule has 2 nitrogen and oxygen atoms in total. The predicted molar refractivity (Wildman–Crippen MR) is 60.6 cm³/mol. The molecule has 1 aromatic rings. The van der Waals surface area contributed by atoms with E-state index in [0.29, 0.717) is 6.61 Å². The Bertz CT molecular complexity index is 403. The molecule has 18 heavy (non-hydrogen) atoms. The summed E-state index contributed by atoms with van der Waals surface area (Å²) >= 11 is 0. The molecule has 0 aromatic heterocycles. The van der Waals surface area contributed by atoms with Crippen LogP contribution in [-0.4, -0.2) is 24.0 Å². The van der Waals surface area contributed by atoms with Crippen LogP contribution in [0.3, 0.4) is 0 Å². The molecule has 0 bridgehead atoms. The number of alkyl halides is 3. The number of rotatable bonds is 4. The lowest BCUT2D eigenvalue weighted by atomic mass is 9.92. The highest BCUT2D eigenvalue weighted by atomic mass is 19.4. The minimum absolute atomic E-state index is 0.0522. The number of fused-ring (bicyclic) bond motifs is 1. The van der Waals surface area contributed by atoms with E-state index in [1.807, 2.05) is 18.2 Å². The van der Waals surface area contributed by atoms with Gasteiger partial charge in [-0.25, -0.2) is 0 Å². The van der Waals surface area contributed by atoms with Gasteiger partial charge in [0.05, 0.1) is 12.7 Å². The summed E-state index contributed by atoms with van der Waals surface area (Å²) in [5, 5.41) is 9.95. The van der Waals surface area contributed by atoms with Crippen molar-refractivity contribution < 1.29 is 23.0 Å². The van der Waals surface area contributed by atoms with Crippen LogP contribution in [0.4, 0.5) is 13.2 Å². The number of para-hydroxylation sites is 1. The summed E-state index contributed by atoms with van der Waals surface area (Å²) in [5.41, 5.74) is 0.886. The third kappa shape index (κ3) is 3.16. The van der Waals surface area contributed by atoms with Crippen molar-refractivity contribution in [3.63, 3.8) is 0 Å². The van der Waals surface area contributed by atoms with E-state index in [2.05, 4.69) is 0 Å². The zero-order valence-corrected chi connectivity index (χ0v) is 9.78. The Balaban J connectivity index is 1.89. The zero-order valence-electron chi connectivity index (χ0n) is 9.78. The van der Waals surface area contributed by atoms with Crippen molar-refractivity contribution in [2.45, 2.75) is 37.5 Å². The maximum atomic E-state index is 12.0. The fourth-order valence-electron chi connectivity index (χ4n) is 2.22. The predicted octanol–water partition coefficient (Wildman–Crippen LogP) is 3.26. The van der Waals surface area contributed by atoms with E-state index < -0.39 is 18.7 Å². The van der Waals surface area contributed by atoms with Crippen LogP contribution >= 0.6 is 0 Å². The summed E-state index contributed by atoms with van der Waals surface area (Å²) in [5.74, 6) is 0.506. The van der Waals surface area contributed by atoms with E-state index in [4.69, 9.17) is 4.74 Å². The molecule has 2 atom stereocenters. The molecule has 1 heterocycles. The maximum Gasteiger partial charge on any atom is 0.389 e. The molecule has 2 rings (SSSR count). The lowest BCUT2D eigenvalue weighted by Gasteiger charge is -2.17. The van der Waals surface area contributed by atoms with Gasteiger partial charge in [0.2, 0.25) is 0 Å². The first-order chi connectivity index (χ1) is 8.47. The number of halogens is 3. The average Bonchev–Trinajstić information content (AvgIpc) is 2.70. The number of aliphatic hydroxyl groups excluding tert-OH is 1. The molecule has 2 unspecified atom stereocenters. The van der Waals surface area contributed by atoms with E-state index in [1.54, 1.807) is 6.07 Å². The Kier molecular flexibility index (Phi) is 3.80. The summed E-state index contributed by atoms with van der Waals surface area (Å²) in [4.78, 5) is 0. The van der Waals surface area contributed by atoms with Gasteiger partial charge in [0.15, 0.2) is 0 Å². The Morgan fingerprint density at radius 1 is 1.33 bits per heavy atom. The highest BCUT2D eigenvalue weighted by Crippen LogP contribution is 2.37. The largest absolute Gasteiger partial charge is 0.493 e. The topological polar surface area (TPSA) is 29.5 Å². The van der Waals surface area contributed by atoms with Gasteiger partial charge >= 0.3 is 6.18 Å². The first-order valence-electron chi connectivity index (χ1n) is 5.94. The van der Waals surface area contributed by atoms with Gasteiger partial charge in [-0.3, -0.25) is 0 Å². The zero-order chi connectivity index (χ0) is 13.2. The number of hydrogen-bond donors (Lipinski definition) is 1. The number of ether oxygens (including phenoxy) is 1. The van der Waals surface area contributed by atoms with Crippen LogP contribution < -0.4 is 4.74 Å². The Morgan fingerprint density at radius 3 is 2.78 bits per heavy atom. The molecule has 1 aliphatic heterocycles. The smallest absolute Gasteiger partial charge is 0.389 e. The molecule has 0 aliphatic carbocycles. The van der Waals surface area contributed by atoms with Gasteiger partial charge in [0, 0.05) is 17.9 Å². The average molecular weight is 260 g/mol. The van der Waals surface area contributed by atoms with Gasteiger partial charge in [0.1, 0.15) is 5.75 Å². The molecule has 1 N–H and O–H groups in total. The quantitative estimate of drug-likeness (QED) is 0.900. The number of aliphatic hydroxyl groups is 1. The summed E-state index contributed by atoms with van der Waals surface area (Å²) < 4.78 is 41.4. The van der Waals surface area contributed by atoms with Crippen LogP contribution in [-0.2, 0) is 0 Å². The fourth-order valence-corrected chi connectivity index (χ4v) is 2.22. The van der Waals surface area contributed by atoms with Crippen molar-refractivity contribution in [1.82, 2.24) is 0 Å². The molecular weight excluding hydrogens is 245 g/mol. The number of benzene rings is 1. The van der Waals surface area contributed by atoms with E-state index >= 15 is 0 Å². The van der Waals surface area contributed by atoms with E-state index in [-0.39, 0.29) is 18.8 Å². The van der Waals surface area contributed by atoms with Crippen LogP contribution in [0.15, 0.2) is 24.3 Å². The first-order valence-corrected chi connectivity index (χ1v) is 5.94. The SMILES string of the molecule is OC(CCCC(F)(F)F)C1COc2ccccc21. The Hall–Kier alpha value is -1.23. The standard InChI is InChI=1S/C13H15F3O2/c14-13(15,16)7-3-5-11(17)10-8-18-12-6-2-1-4-9(10)12/h1-2,4,6,10-11,17H,3,5,7-8H2. The number of hydrogen-bond acceptors (Lipinski definition) is 2. The molecule has 1 aromatic carbocycles. The van der Waals surface area contributed by atoms with E-state index in [0.717, 1.165) is 11.3 Å². The molecule has 0 spiro atoms. The van der Waals surface area contributed by atoms with Gasteiger partial charge in [0.25, 0.3) is 0 Å². The molecule has 0 radical (unpaired) electrons. The molecule has 0 fully saturated rings. The molecule has 0 saturated carbocycles. The molecule has 0 saturated heterocycles. The maximum absolute atomic E-state index is 12.0. The lowest BCUT2D eigenvalue weighted by molar-refractivity contribution is -0.136. The van der Waals surface area contributed by atoms with Crippen molar-refractivity contribution in [2.75, 3.05) is 6.61 Å². The summed E-state index contributed by atoms with van der Waals surface area (Å²) in [7, 11) is 0. The minimum Gasteiger partial charge on any atom is -0.493 e. The van der Waals surface area contributed by atoms with Crippen molar-refractivity contribution in [1.29, 1.82) is 0 Å². The first kappa shape index (κ1) is 13.2. The Morgan fingerprint density at radius 2 is 2.06 bits per heavy atom. The minimum atomic E-state index is -4.15. The molecule has 100 valence electrons. The van der Waals surface area contributed by atoms with Crippen LogP contribution in [0.1, 0.15) is 30.7 Å². The van der Waals surface area contributed by atoms with Crippen molar-refractivity contribution >= 4 is 0 Å². The highest BCUT2D eigenvalue weighted by Gasteiger charge is 2.31. The molecule has 1 aliphatic rings. The van der Waals surface area contributed by atoms with Crippen molar-refractivity contribution in [3.8, 4) is 5.75 Å². The van der Waals surface area contributed by atoms with Crippen LogP contribution in [0.25, 0.3) is 0 Å². The summed E-state index contributed by atoms with van der Waals surface area (Å²) in [6, 6.07) is 7.32. The normalized spacial score (nSPS) is 20.3. The van der Waals surface area contributed by atoms with E-state index in [9.17, 15) is 18.3 Å². The molecule has 5 heteroatoms. The monoisotopic (exact) mass is 260 g/mol.